The van der Waals surface area contributed by atoms with Crippen molar-refractivity contribution in [2.75, 3.05) is 5.73 Å². The van der Waals surface area contributed by atoms with Gasteiger partial charge < -0.3 is 5.73 Å². The van der Waals surface area contributed by atoms with E-state index in [1.165, 1.54) is 0 Å². The van der Waals surface area contributed by atoms with Crippen LogP contribution in [0.5, 0.6) is 0 Å². The van der Waals surface area contributed by atoms with Crippen LogP contribution in [-0.2, 0) is 0 Å². The van der Waals surface area contributed by atoms with Crippen molar-refractivity contribution in [3.05, 3.63) is 46.7 Å². The minimum Gasteiger partial charge on any atom is -0.396 e. The molecule has 0 aliphatic carbocycles. The van der Waals surface area contributed by atoms with Crippen LogP contribution in [0.1, 0.15) is 0 Å². The first kappa shape index (κ1) is 10.3. The van der Waals surface area contributed by atoms with Gasteiger partial charge in [0.2, 0.25) is 0 Å². The van der Waals surface area contributed by atoms with Crippen molar-refractivity contribution in [3.8, 4) is 11.1 Å². The predicted molar refractivity (Wildman–Crippen MR) is 64.1 cm³/mol. The molecule has 4 heteroatoms. The molecule has 1 aromatic heterocycles. The van der Waals surface area contributed by atoms with Gasteiger partial charge in [0.05, 0.1) is 5.69 Å². The Bertz CT molecular complexity index is 480. The lowest BCUT2D eigenvalue weighted by Crippen LogP contribution is -1.90. The minimum atomic E-state index is 0.327. The molecule has 0 unspecified atom stereocenters. The first-order chi connectivity index (χ1) is 7.16. The number of pyridine rings is 1. The molecule has 0 saturated heterocycles. The Morgan fingerprint density at radius 1 is 1.00 bits per heavy atom. The number of halogens is 2. The molecule has 2 aromatic rings. The van der Waals surface area contributed by atoms with E-state index in [0.29, 0.717) is 15.9 Å². The summed E-state index contributed by atoms with van der Waals surface area (Å²) >= 11 is 11.5. The number of nitrogens with zero attached hydrogens (tertiary/aromatic N) is 1. The van der Waals surface area contributed by atoms with Crippen LogP contribution in [-0.4, -0.2) is 4.98 Å². The Morgan fingerprint density at radius 2 is 1.67 bits per heavy atom. The van der Waals surface area contributed by atoms with Gasteiger partial charge in [0.1, 0.15) is 0 Å². The quantitative estimate of drug-likeness (QED) is 0.771. The first-order valence-corrected chi connectivity index (χ1v) is 5.09. The van der Waals surface area contributed by atoms with Crippen LogP contribution in [0, 0.1) is 0 Å². The summed E-state index contributed by atoms with van der Waals surface area (Å²) in [6.45, 7) is 0. The second-order valence-electron chi connectivity index (χ2n) is 3.11. The third kappa shape index (κ3) is 2.22. The molecule has 0 aliphatic heterocycles. The number of nitrogens with two attached hydrogens (primary N) is 1. The topological polar surface area (TPSA) is 38.9 Å². The molecular weight excluding hydrogens is 231 g/mol. The Labute approximate surface area is 97.7 Å². The van der Waals surface area contributed by atoms with Crippen molar-refractivity contribution in [3.63, 3.8) is 0 Å². The molecule has 15 heavy (non-hydrogen) atoms. The van der Waals surface area contributed by atoms with E-state index in [2.05, 4.69) is 4.98 Å². The van der Waals surface area contributed by atoms with E-state index in [9.17, 15) is 0 Å². The summed E-state index contributed by atoms with van der Waals surface area (Å²) in [4.78, 5) is 3.98. The van der Waals surface area contributed by atoms with Crippen molar-refractivity contribution < 1.29 is 0 Å². The average molecular weight is 239 g/mol. The lowest BCUT2D eigenvalue weighted by Gasteiger charge is -2.03. The summed E-state index contributed by atoms with van der Waals surface area (Å²) in [7, 11) is 0. The minimum absolute atomic E-state index is 0.327. The molecule has 0 saturated carbocycles. The monoisotopic (exact) mass is 238 g/mol. The average Bonchev–Trinajstić information content (AvgIpc) is 2.23. The highest BCUT2D eigenvalue weighted by Gasteiger charge is 2.02. The highest BCUT2D eigenvalue weighted by atomic mass is 35.5. The van der Waals surface area contributed by atoms with E-state index in [4.69, 9.17) is 28.9 Å². The van der Waals surface area contributed by atoms with Crippen molar-refractivity contribution in [2.24, 2.45) is 0 Å². The number of rotatable bonds is 1. The molecule has 0 bridgehead atoms. The van der Waals surface area contributed by atoms with Crippen LogP contribution in [0.3, 0.4) is 0 Å². The molecule has 0 amide bonds. The van der Waals surface area contributed by atoms with Gasteiger partial charge in [-0.25, -0.2) is 4.98 Å². The van der Waals surface area contributed by atoms with E-state index >= 15 is 0 Å². The van der Waals surface area contributed by atoms with E-state index in [-0.39, 0.29) is 0 Å². The largest absolute Gasteiger partial charge is 0.396 e. The van der Waals surface area contributed by atoms with Crippen molar-refractivity contribution >= 4 is 28.9 Å². The Morgan fingerprint density at radius 3 is 2.27 bits per heavy atom. The molecule has 0 spiro atoms. The Kier molecular flexibility index (Phi) is 2.80. The standard InChI is InChI=1S/C11H8Cl2N2/c12-9-3-1-7(2-4-9)8-5-10(14)11(13)15-6-8/h1-6H,14H2. The number of benzene rings is 1. The second-order valence-corrected chi connectivity index (χ2v) is 3.91. The lowest BCUT2D eigenvalue weighted by atomic mass is 10.1. The van der Waals surface area contributed by atoms with Gasteiger partial charge in [-0.1, -0.05) is 35.3 Å². The van der Waals surface area contributed by atoms with Crippen LogP contribution in [0.15, 0.2) is 36.5 Å². The van der Waals surface area contributed by atoms with Gasteiger partial charge in [-0.3, -0.25) is 0 Å². The van der Waals surface area contributed by atoms with Gasteiger partial charge in [-0.2, -0.15) is 0 Å². The molecular formula is C11H8Cl2N2. The normalized spacial score (nSPS) is 10.3. The summed E-state index contributed by atoms with van der Waals surface area (Å²) in [6.07, 6.45) is 1.68. The van der Waals surface area contributed by atoms with Crippen molar-refractivity contribution in [1.29, 1.82) is 0 Å². The number of aromatic nitrogens is 1. The molecule has 1 aromatic carbocycles. The summed E-state index contributed by atoms with van der Waals surface area (Å²) in [6, 6.07) is 9.25. The van der Waals surface area contributed by atoms with E-state index in [1.807, 2.05) is 24.3 Å². The summed E-state index contributed by atoms with van der Waals surface area (Å²) in [5, 5.41) is 1.03. The van der Waals surface area contributed by atoms with Gasteiger partial charge in [-0.05, 0) is 23.8 Å². The van der Waals surface area contributed by atoms with Gasteiger partial charge in [-0.15, -0.1) is 0 Å². The molecule has 1 heterocycles. The third-order valence-electron chi connectivity index (χ3n) is 2.04. The second kappa shape index (κ2) is 4.09. The number of hydrogen-bond donors (Lipinski definition) is 1. The zero-order chi connectivity index (χ0) is 10.8. The van der Waals surface area contributed by atoms with Crippen molar-refractivity contribution in [2.45, 2.75) is 0 Å². The van der Waals surface area contributed by atoms with Crippen LogP contribution >= 0.6 is 23.2 Å². The van der Waals surface area contributed by atoms with E-state index in [1.54, 1.807) is 12.3 Å². The number of anilines is 1. The summed E-state index contributed by atoms with van der Waals surface area (Å²) < 4.78 is 0. The van der Waals surface area contributed by atoms with Gasteiger partial charge in [0.25, 0.3) is 0 Å². The fraction of sp³-hybridized carbons (Fsp3) is 0. The van der Waals surface area contributed by atoms with Crippen molar-refractivity contribution in [1.82, 2.24) is 4.98 Å². The SMILES string of the molecule is Nc1cc(-c2ccc(Cl)cc2)cnc1Cl. The molecule has 0 aliphatic rings. The fourth-order valence-electron chi connectivity index (χ4n) is 1.27. The number of hydrogen-bond acceptors (Lipinski definition) is 2. The zero-order valence-corrected chi connectivity index (χ0v) is 9.26. The van der Waals surface area contributed by atoms with Crippen LogP contribution in [0.2, 0.25) is 10.2 Å². The van der Waals surface area contributed by atoms with Gasteiger partial charge in [0, 0.05) is 16.8 Å². The molecule has 2 N–H and O–H groups in total. The molecule has 0 radical (unpaired) electrons. The molecule has 2 rings (SSSR count). The van der Waals surface area contributed by atoms with Gasteiger partial charge >= 0.3 is 0 Å². The fourth-order valence-corrected chi connectivity index (χ4v) is 1.49. The Hall–Kier alpha value is -1.25. The third-order valence-corrected chi connectivity index (χ3v) is 2.61. The highest BCUT2D eigenvalue weighted by Crippen LogP contribution is 2.25. The van der Waals surface area contributed by atoms with Gasteiger partial charge in [0.15, 0.2) is 5.15 Å². The highest BCUT2D eigenvalue weighted by molar-refractivity contribution is 6.32. The maximum absolute atomic E-state index is 5.79. The summed E-state index contributed by atoms with van der Waals surface area (Å²) in [5.74, 6) is 0. The maximum atomic E-state index is 5.79. The first-order valence-electron chi connectivity index (χ1n) is 4.34. The predicted octanol–water partition coefficient (Wildman–Crippen LogP) is 3.64. The van der Waals surface area contributed by atoms with Crippen LogP contribution < -0.4 is 5.73 Å². The molecule has 76 valence electrons. The molecule has 2 nitrogen and oxygen atoms in total. The number of nitrogen functional groups attached to an aromatic ring is 1. The van der Waals surface area contributed by atoms with E-state index < -0.39 is 0 Å². The van der Waals surface area contributed by atoms with Crippen LogP contribution in [0.4, 0.5) is 5.69 Å². The van der Waals surface area contributed by atoms with E-state index in [0.717, 1.165) is 11.1 Å². The lowest BCUT2D eigenvalue weighted by molar-refractivity contribution is 1.33. The zero-order valence-electron chi connectivity index (χ0n) is 7.74. The smallest absolute Gasteiger partial charge is 0.151 e. The Balaban J connectivity index is 2.45. The molecule has 0 fully saturated rings. The summed E-state index contributed by atoms with van der Waals surface area (Å²) in [5.41, 5.74) is 8.08. The maximum Gasteiger partial charge on any atom is 0.151 e. The van der Waals surface area contributed by atoms with Crippen LogP contribution in [0.25, 0.3) is 11.1 Å². The molecule has 0 atom stereocenters.